The monoisotopic (exact) mass is 382 g/mol. The van der Waals surface area contributed by atoms with Crippen molar-refractivity contribution in [3.63, 3.8) is 0 Å². The van der Waals surface area contributed by atoms with Crippen LogP contribution in [-0.2, 0) is 14.3 Å². The van der Waals surface area contributed by atoms with Gasteiger partial charge in [-0.25, -0.2) is 4.79 Å². The summed E-state index contributed by atoms with van der Waals surface area (Å²) in [5.41, 5.74) is 0. The molecule has 1 rings (SSSR count). The number of hydrogen-bond acceptors (Lipinski definition) is 11. The average molecular weight is 382 g/mol. The maximum atomic E-state index is 10.7. The van der Waals surface area contributed by atoms with E-state index < -0.39 is 74.3 Å². The molecule has 1 saturated heterocycles. The number of ether oxygens (including phenoxy) is 2. The Labute approximate surface area is 164 Å². The molecule has 1 aliphatic heterocycles. The van der Waals surface area contributed by atoms with Crippen molar-refractivity contribution >= 4 is 35.5 Å². The molecule has 12 nitrogen and oxygen atoms in total. The summed E-state index contributed by atoms with van der Waals surface area (Å²) in [6, 6.07) is 0. The van der Waals surface area contributed by atoms with E-state index in [0.29, 0.717) is 0 Å². The van der Waals surface area contributed by atoms with Gasteiger partial charge in [0.15, 0.2) is 12.4 Å². The van der Waals surface area contributed by atoms with Gasteiger partial charge in [-0.05, 0) is 0 Å². The molecule has 0 bridgehead atoms. The summed E-state index contributed by atoms with van der Waals surface area (Å²) in [4.78, 5) is 10.7. The first kappa shape index (κ1) is 25.1. The van der Waals surface area contributed by atoms with Crippen LogP contribution >= 0.6 is 0 Å². The van der Waals surface area contributed by atoms with Crippen molar-refractivity contribution in [3.05, 3.63) is 0 Å². The number of carbonyl (C=O) groups is 1. The number of carboxylic acid groups (broad SMARTS) is 1. The van der Waals surface area contributed by atoms with Crippen molar-refractivity contribution in [2.24, 2.45) is 0 Å². The molecule has 13 heteroatoms. The zero-order chi connectivity index (χ0) is 18.6. The van der Waals surface area contributed by atoms with E-state index in [0.717, 1.165) is 0 Å². The zero-order valence-electron chi connectivity index (χ0n) is 12.4. The molecule has 25 heavy (non-hydrogen) atoms. The van der Waals surface area contributed by atoms with Gasteiger partial charge in [-0.3, -0.25) is 0 Å². The summed E-state index contributed by atoms with van der Waals surface area (Å²) in [7, 11) is 0. The number of aliphatic hydroxyl groups excluding tert-OH is 8. The first-order valence-corrected chi connectivity index (χ1v) is 6.99. The van der Waals surface area contributed by atoms with Gasteiger partial charge in [0.05, 0.1) is 13.2 Å². The quantitative estimate of drug-likeness (QED) is 0.179. The Morgan fingerprint density at radius 1 is 1.04 bits per heavy atom. The Bertz CT molecular complexity index is 410. The first-order valence-electron chi connectivity index (χ1n) is 6.99. The SMILES string of the molecule is O=C(O)[C@H](O)[C@@H](O)[C@H](O[C@@H]1O[C@H](CO)[C@H](O)[C@H](O)[C@H]1O)[C@H](O)CO.[NaH]. The minimum absolute atomic E-state index is 0. The molecule has 0 amide bonds. The fourth-order valence-electron chi connectivity index (χ4n) is 2.16. The van der Waals surface area contributed by atoms with Gasteiger partial charge in [0.1, 0.15) is 42.7 Å². The molecule has 9 atom stereocenters. The predicted octanol–water partition coefficient (Wildman–Crippen LogP) is -6.32. The van der Waals surface area contributed by atoms with Gasteiger partial charge < -0.3 is 55.4 Å². The van der Waals surface area contributed by atoms with Gasteiger partial charge in [-0.1, -0.05) is 0 Å². The molecular formula is C12H23NaO12. The van der Waals surface area contributed by atoms with E-state index in [1.807, 2.05) is 0 Å². The van der Waals surface area contributed by atoms with E-state index in [1.54, 1.807) is 0 Å². The fourth-order valence-corrected chi connectivity index (χ4v) is 2.16. The van der Waals surface area contributed by atoms with E-state index in [2.05, 4.69) is 0 Å². The zero-order valence-corrected chi connectivity index (χ0v) is 12.4. The topological polar surface area (TPSA) is 218 Å². The van der Waals surface area contributed by atoms with Gasteiger partial charge in [0.2, 0.25) is 0 Å². The molecule has 1 heterocycles. The van der Waals surface area contributed by atoms with Crippen molar-refractivity contribution in [2.45, 2.75) is 55.1 Å². The second-order valence-electron chi connectivity index (χ2n) is 5.32. The van der Waals surface area contributed by atoms with E-state index in [4.69, 9.17) is 24.8 Å². The molecule has 0 unspecified atom stereocenters. The average Bonchev–Trinajstić information content (AvgIpc) is 2.57. The summed E-state index contributed by atoms with van der Waals surface area (Å²) in [6.07, 6.45) is -16.9. The summed E-state index contributed by atoms with van der Waals surface area (Å²) in [5, 5.41) is 84.5. The molecule has 1 fully saturated rings. The van der Waals surface area contributed by atoms with Crippen molar-refractivity contribution in [1.82, 2.24) is 0 Å². The van der Waals surface area contributed by atoms with Crippen LogP contribution in [-0.4, -0.2) is 150 Å². The first-order chi connectivity index (χ1) is 11.1. The van der Waals surface area contributed by atoms with E-state index >= 15 is 0 Å². The van der Waals surface area contributed by atoms with Crippen LogP contribution in [0.2, 0.25) is 0 Å². The molecule has 0 aromatic carbocycles. The van der Waals surface area contributed by atoms with Gasteiger partial charge in [-0.15, -0.1) is 0 Å². The van der Waals surface area contributed by atoms with E-state index in [-0.39, 0.29) is 29.6 Å². The third-order valence-corrected chi connectivity index (χ3v) is 3.62. The maximum absolute atomic E-state index is 10.7. The predicted molar refractivity (Wildman–Crippen MR) is 78.5 cm³/mol. The molecule has 0 radical (unpaired) electrons. The number of rotatable bonds is 8. The minimum atomic E-state index is -2.39. The Morgan fingerprint density at radius 2 is 1.60 bits per heavy atom. The van der Waals surface area contributed by atoms with Crippen LogP contribution < -0.4 is 0 Å². The second kappa shape index (κ2) is 11.0. The number of aliphatic hydroxyl groups is 8. The van der Waals surface area contributed by atoms with Gasteiger partial charge in [0, 0.05) is 0 Å². The molecule has 0 aromatic heterocycles. The van der Waals surface area contributed by atoms with Crippen molar-refractivity contribution < 1.29 is 60.2 Å². The van der Waals surface area contributed by atoms with E-state index in [9.17, 15) is 35.4 Å². The van der Waals surface area contributed by atoms with Crippen LogP contribution in [0.15, 0.2) is 0 Å². The number of hydrogen-bond donors (Lipinski definition) is 9. The van der Waals surface area contributed by atoms with Crippen LogP contribution in [0, 0.1) is 0 Å². The number of aliphatic carboxylic acids is 1. The molecule has 0 aromatic rings. The second-order valence-corrected chi connectivity index (χ2v) is 5.32. The molecule has 0 spiro atoms. The summed E-state index contributed by atoms with van der Waals surface area (Å²) < 4.78 is 9.98. The van der Waals surface area contributed by atoms with Crippen molar-refractivity contribution in [2.75, 3.05) is 13.2 Å². The van der Waals surface area contributed by atoms with Crippen LogP contribution in [0.3, 0.4) is 0 Å². The molecule has 0 saturated carbocycles. The Kier molecular flexibility index (Phi) is 11.1. The molecule has 1 aliphatic rings. The summed E-state index contributed by atoms with van der Waals surface area (Å²) in [6.45, 7) is -1.76. The van der Waals surface area contributed by atoms with E-state index in [1.165, 1.54) is 0 Å². The normalized spacial score (nSPS) is 34.5. The van der Waals surface area contributed by atoms with Gasteiger partial charge in [-0.2, -0.15) is 0 Å². The molecular weight excluding hydrogens is 359 g/mol. The standard InChI is InChI=1S/C12H22O12.Na.H/c13-1-3(15)10(7(18)8(19)11(21)22)24-12-9(20)6(17)5(16)4(2-14)23-12;;/h3-10,12-20H,1-2H2,(H,21,22);;/t3-,4-,5+,6+,7-,8-,9-,10-,12+;;/m1../s1. The third kappa shape index (κ3) is 6.04. The molecule has 9 N–H and O–H groups in total. The Hall–Kier alpha value is 0.0700. The van der Waals surface area contributed by atoms with Crippen LogP contribution in [0.1, 0.15) is 0 Å². The van der Waals surface area contributed by atoms with Crippen LogP contribution in [0.4, 0.5) is 0 Å². The molecule has 0 aliphatic carbocycles. The number of carboxylic acids is 1. The Morgan fingerprint density at radius 3 is 2.04 bits per heavy atom. The fraction of sp³-hybridized carbons (Fsp3) is 0.917. The van der Waals surface area contributed by atoms with Crippen LogP contribution in [0.25, 0.3) is 0 Å². The third-order valence-electron chi connectivity index (χ3n) is 3.62. The van der Waals surface area contributed by atoms with Gasteiger partial charge >= 0.3 is 35.5 Å². The van der Waals surface area contributed by atoms with Crippen LogP contribution in [0.5, 0.6) is 0 Å². The summed E-state index contributed by atoms with van der Waals surface area (Å²) in [5.74, 6) is -1.84. The van der Waals surface area contributed by atoms with Gasteiger partial charge in [0.25, 0.3) is 0 Å². The Balaban J connectivity index is 0.00000576. The van der Waals surface area contributed by atoms with Crippen molar-refractivity contribution in [1.29, 1.82) is 0 Å². The van der Waals surface area contributed by atoms with Crippen molar-refractivity contribution in [3.8, 4) is 0 Å². The summed E-state index contributed by atoms with van der Waals surface area (Å²) >= 11 is 0. The molecule has 144 valence electrons.